The van der Waals surface area contributed by atoms with Crippen molar-refractivity contribution in [3.8, 4) is 0 Å². The van der Waals surface area contributed by atoms with Gasteiger partial charge in [0.25, 0.3) is 0 Å². The standard InChI is InChI=1S/C17H29N3O2.ClH/c1-17(2)11-20(9-7-14(17)18)16(22)13-4-3-8-19(10-13)15(21)12-5-6-12;/h12-14H,3-11,18H2,1-2H3;1H. The summed E-state index contributed by atoms with van der Waals surface area (Å²) in [6.07, 6.45) is 4.80. The molecule has 0 aromatic rings. The molecule has 2 heterocycles. The van der Waals surface area contributed by atoms with E-state index in [9.17, 15) is 9.59 Å². The fourth-order valence-corrected chi connectivity index (χ4v) is 3.79. The fourth-order valence-electron chi connectivity index (χ4n) is 3.79. The molecule has 2 aliphatic heterocycles. The molecule has 3 rings (SSSR count). The summed E-state index contributed by atoms with van der Waals surface area (Å²) < 4.78 is 0. The summed E-state index contributed by atoms with van der Waals surface area (Å²) in [4.78, 5) is 29.0. The number of likely N-dealkylation sites (tertiary alicyclic amines) is 2. The molecule has 0 radical (unpaired) electrons. The van der Waals surface area contributed by atoms with Gasteiger partial charge in [-0.2, -0.15) is 0 Å². The maximum atomic E-state index is 12.8. The van der Waals surface area contributed by atoms with Crippen molar-refractivity contribution in [2.45, 2.75) is 52.0 Å². The van der Waals surface area contributed by atoms with Crippen molar-refractivity contribution in [3.05, 3.63) is 0 Å². The first kappa shape index (κ1) is 18.5. The minimum Gasteiger partial charge on any atom is -0.342 e. The summed E-state index contributed by atoms with van der Waals surface area (Å²) in [5, 5.41) is 0. The highest BCUT2D eigenvalue weighted by Gasteiger charge is 2.40. The molecular weight excluding hydrogens is 314 g/mol. The number of piperidine rings is 2. The van der Waals surface area contributed by atoms with E-state index in [1.807, 2.05) is 9.80 Å². The number of nitrogens with zero attached hydrogens (tertiary/aromatic N) is 2. The van der Waals surface area contributed by atoms with E-state index in [2.05, 4.69) is 13.8 Å². The van der Waals surface area contributed by atoms with Gasteiger partial charge in [0.05, 0.1) is 5.92 Å². The topological polar surface area (TPSA) is 66.6 Å². The van der Waals surface area contributed by atoms with Gasteiger partial charge in [-0.3, -0.25) is 9.59 Å². The highest BCUT2D eigenvalue weighted by atomic mass is 35.5. The third kappa shape index (κ3) is 4.00. The number of carbonyl (C=O) groups is 2. The van der Waals surface area contributed by atoms with Gasteiger partial charge in [0.15, 0.2) is 0 Å². The lowest BCUT2D eigenvalue weighted by Crippen LogP contribution is -2.56. The van der Waals surface area contributed by atoms with E-state index in [0.29, 0.717) is 6.54 Å². The average molecular weight is 344 g/mol. The maximum Gasteiger partial charge on any atom is 0.227 e. The van der Waals surface area contributed by atoms with Crippen LogP contribution < -0.4 is 5.73 Å². The van der Waals surface area contributed by atoms with Crippen LogP contribution in [0.3, 0.4) is 0 Å². The Morgan fingerprint density at radius 1 is 0.957 bits per heavy atom. The Kier molecular flexibility index (Phi) is 5.62. The second-order valence-electron chi connectivity index (χ2n) is 8.04. The summed E-state index contributed by atoms with van der Waals surface area (Å²) in [6.45, 7) is 7.23. The zero-order chi connectivity index (χ0) is 15.9. The summed E-state index contributed by atoms with van der Waals surface area (Å²) in [5.41, 5.74) is 6.14. The third-order valence-electron chi connectivity index (χ3n) is 5.63. The van der Waals surface area contributed by atoms with Crippen LogP contribution in [-0.2, 0) is 9.59 Å². The minimum atomic E-state index is -0.0217. The summed E-state index contributed by atoms with van der Waals surface area (Å²) in [6, 6.07) is 0.163. The molecule has 2 amide bonds. The van der Waals surface area contributed by atoms with E-state index in [1.54, 1.807) is 0 Å². The largest absolute Gasteiger partial charge is 0.342 e. The van der Waals surface area contributed by atoms with Crippen LogP contribution in [0.25, 0.3) is 0 Å². The molecule has 6 heteroatoms. The summed E-state index contributed by atoms with van der Waals surface area (Å²) in [7, 11) is 0. The van der Waals surface area contributed by atoms with Gasteiger partial charge in [-0.15, -0.1) is 12.4 Å². The lowest BCUT2D eigenvalue weighted by molar-refractivity contribution is -0.143. The molecule has 0 bridgehead atoms. The highest BCUT2D eigenvalue weighted by Crippen LogP contribution is 2.33. The van der Waals surface area contributed by atoms with Crippen LogP contribution in [0, 0.1) is 17.3 Å². The first-order chi connectivity index (χ1) is 10.4. The van der Waals surface area contributed by atoms with Crippen molar-refractivity contribution in [1.82, 2.24) is 9.80 Å². The van der Waals surface area contributed by atoms with Gasteiger partial charge in [-0.25, -0.2) is 0 Å². The van der Waals surface area contributed by atoms with Crippen molar-refractivity contribution in [3.63, 3.8) is 0 Å². The van der Waals surface area contributed by atoms with Crippen LogP contribution in [0.15, 0.2) is 0 Å². The highest BCUT2D eigenvalue weighted by molar-refractivity contribution is 5.85. The molecule has 0 aromatic carbocycles. The molecule has 1 aliphatic carbocycles. The van der Waals surface area contributed by atoms with E-state index < -0.39 is 0 Å². The smallest absolute Gasteiger partial charge is 0.227 e. The van der Waals surface area contributed by atoms with Gasteiger partial charge < -0.3 is 15.5 Å². The van der Waals surface area contributed by atoms with Crippen molar-refractivity contribution in [2.75, 3.05) is 26.2 Å². The summed E-state index contributed by atoms with van der Waals surface area (Å²) in [5.74, 6) is 0.745. The molecule has 0 aromatic heterocycles. The van der Waals surface area contributed by atoms with Gasteiger partial charge >= 0.3 is 0 Å². The third-order valence-corrected chi connectivity index (χ3v) is 5.63. The van der Waals surface area contributed by atoms with Crippen LogP contribution >= 0.6 is 12.4 Å². The van der Waals surface area contributed by atoms with Crippen molar-refractivity contribution < 1.29 is 9.59 Å². The van der Waals surface area contributed by atoms with Crippen LogP contribution in [0.4, 0.5) is 0 Å². The predicted octanol–water partition coefficient (Wildman–Crippen LogP) is 1.64. The Labute approximate surface area is 145 Å². The quantitative estimate of drug-likeness (QED) is 0.829. The molecule has 3 aliphatic rings. The molecule has 1 saturated carbocycles. The lowest BCUT2D eigenvalue weighted by Gasteiger charge is -2.44. The molecule has 23 heavy (non-hydrogen) atoms. The molecule has 2 atom stereocenters. The second kappa shape index (κ2) is 6.98. The number of halogens is 1. The second-order valence-corrected chi connectivity index (χ2v) is 8.04. The minimum absolute atomic E-state index is 0. The van der Waals surface area contributed by atoms with E-state index in [-0.39, 0.29) is 47.5 Å². The SMILES string of the molecule is CC1(C)CN(C(=O)C2CCCN(C(=O)C3CC3)C2)CCC1N.Cl. The normalized spacial score (nSPS) is 30.6. The maximum absolute atomic E-state index is 12.8. The Morgan fingerprint density at radius 3 is 2.22 bits per heavy atom. The molecule has 2 saturated heterocycles. The first-order valence-corrected chi connectivity index (χ1v) is 8.71. The van der Waals surface area contributed by atoms with Gasteiger partial charge in [0.1, 0.15) is 0 Å². The first-order valence-electron chi connectivity index (χ1n) is 8.71. The zero-order valence-electron chi connectivity index (χ0n) is 14.3. The molecular formula is C17H30ClN3O2. The van der Waals surface area contributed by atoms with Gasteiger partial charge in [0.2, 0.25) is 11.8 Å². The molecule has 0 spiro atoms. The van der Waals surface area contributed by atoms with Crippen LogP contribution in [0.2, 0.25) is 0 Å². The van der Waals surface area contributed by atoms with E-state index >= 15 is 0 Å². The summed E-state index contributed by atoms with van der Waals surface area (Å²) >= 11 is 0. The Morgan fingerprint density at radius 2 is 1.61 bits per heavy atom. The molecule has 132 valence electrons. The van der Waals surface area contributed by atoms with Crippen molar-refractivity contribution in [1.29, 1.82) is 0 Å². The Bertz CT molecular complexity index is 465. The monoisotopic (exact) mass is 343 g/mol. The van der Waals surface area contributed by atoms with Gasteiger partial charge in [-0.05, 0) is 37.5 Å². The van der Waals surface area contributed by atoms with Crippen LogP contribution in [0.1, 0.15) is 46.0 Å². The van der Waals surface area contributed by atoms with E-state index in [1.165, 1.54) is 0 Å². The molecule has 5 nitrogen and oxygen atoms in total. The van der Waals surface area contributed by atoms with E-state index in [4.69, 9.17) is 5.73 Å². The van der Waals surface area contributed by atoms with Crippen molar-refractivity contribution >= 4 is 24.2 Å². The molecule has 3 fully saturated rings. The predicted molar refractivity (Wildman–Crippen MR) is 92.2 cm³/mol. The molecule has 2 N–H and O–H groups in total. The fraction of sp³-hybridized carbons (Fsp3) is 0.882. The van der Waals surface area contributed by atoms with Crippen LogP contribution in [-0.4, -0.2) is 53.8 Å². The lowest BCUT2D eigenvalue weighted by atomic mass is 9.79. The number of nitrogens with two attached hydrogens (primary N) is 1. The molecule has 2 unspecified atom stereocenters. The van der Waals surface area contributed by atoms with Gasteiger partial charge in [-0.1, -0.05) is 13.8 Å². The Balaban J connectivity index is 0.00000192. The number of hydrogen-bond acceptors (Lipinski definition) is 3. The number of rotatable bonds is 2. The van der Waals surface area contributed by atoms with Gasteiger partial charge in [0, 0.05) is 38.1 Å². The van der Waals surface area contributed by atoms with Crippen molar-refractivity contribution in [2.24, 2.45) is 23.0 Å². The average Bonchev–Trinajstić information content (AvgIpc) is 3.33. The number of hydrogen-bond donors (Lipinski definition) is 1. The van der Waals surface area contributed by atoms with Crippen LogP contribution in [0.5, 0.6) is 0 Å². The number of carbonyl (C=O) groups excluding carboxylic acids is 2. The van der Waals surface area contributed by atoms with E-state index in [0.717, 1.165) is 51.7 Å². The Hall–Kier alpha value is -0.810. The zero-order valence-corrected chi connectivity index (χ0v) is 15.1. The number of amides is 2.